The Kier molecular flexibility index (Phi) is 6.21. The highest BCUT2D eigenvalue weighted by Gasteiger charge is 2.14. The Morgan fingerprint density at radius 3 is 2.48 bits per heavy atom. The lowest BCUT2D eigenvalue weighted by atomic mass is 10.1. The van der Waals surface area contributed by atoms with E-state index in [9.17, 15) is 17.6 Å². The van der Waals surface area contributed by atoms with Gasteiger partial charge in [0.25, 0.3) is 15.7 Å². The second-order valence-corrected chi connectivity index (χ2v) is 8.12. The van der Waals surface area contributed by atoms with Crippen molar-refractivity contribution in [3.05, 3.63) is 87.5 Å². The maximum Gasteiger partial charge on any atom is 0.272 e. The predicted molar refractivity (Wildman–Crippen MR) is 107 cm³/mol. The molecule has 0 spiro atoms. The Balaban J connectivity index is 2.10. The van der Waals surface area contributed by atoms with Crippen molar-refractivity contribution >= 4 is 10.1 Å². The van der Waals surface area contributed by atoms with Crippen molar-refractivity contribution in [2.45, 2.75) is 19.7 Å². The maximum atomic E-state index is 13.8. The molecule has 0 aliphatic carbocycles. The summed E-state index contributed by atoms with van der Waals surface area (Å²) in [7, 11) is -3.74. The Morgan fingerprint density at radius 2 is 1.83 bits per heavy atom. The van der Waals surface area contributed by atoms with Gasteiger partial charge in [-0.25, -0.2) is 9.07 Å². The number of halogens is 1. The minimum Gasteiger partial charge on any atom is -0.326 e. The van der Waals surface area contributed by atoms with E-state index in [1.54, 1.807) is 6.07 Å². The molecule has 0 saturated heterocycles. The van der Waals surface area contributed by atoms with Crippen molar-refractivity contribution in [1.82, 2.24) is 9.78 Å². The van der Waals surface area contributed by atoms with E-state index < -0.39 is 28.1 Å². The summed E-state index contributed by atoms with van der Waals surface area (Å²) >= 11 is 0. The molecule has 152 valence electrons. The molecule has 3 aromatic rings. The third-order valence-electron chi connectivity index (χ3n) is 4.21. The number of aromatic nitrogens is 2. The molecule has 0 aliphatic rings. The van der Waals surface area contributed by atoms with E-state index in [0.717, 1.165) is 11.8 Å². The summed E-state index contributed by atoms with van der Waals surface area (Å²) < 4.78 is 42.6. The number of hydrogen-bond acceptors (Lipinski definition) is 6. The highest BCUT2D eigenvalue weighted by atomic mass is 32.2. The monoisotopic (exact) mass is 417 g/mol. The van der Waals surface area contributed by atoms with Crippen LogP contribution in [0.2, 0.25) is 0 Å². The van der Waals surface area contributed by atoms with Gasteiger partial charge in [0.15, 0.2) is 0 Å². The summed E-state index contributed by atoms with van der Waals surface area (Å²) in [6.07, 6.45) is 0.908. The average Bonchev–Trinajstić information content (AvgIpc) is 2.69. The van der Waals surface area contributed by atoms with Gasteiger partial charge in [0, 0.05) is 23.2 Å². The summed E-state index contributed by atoms with van der Waals surface area (Å²) in [5.74, 6) is -0.436. The normalized spacial score (nSPS) is 11.6. The molecule has 0 aliphatic heterocycles. The lowest BCUT2D eigenvalue weighted by Crippen LogP contribution is -2.28. The zero-order valence-electron chi connectivity index (χ0n) is 15.7. The lowest BCUT2D eigenvalue weighted by molar-refractivity contribution is 0.308. The highest BCUT2D eigenvalue weighted by molar-refractivity contribution is 7.85. The van der Waals surface area contributed by atoms with Gasteiger partial charge in [-0.2, -0.15) is 13.5 Å². The molecule has 0 unspecified atom stereocenters. The van der Waals surface area contributed by atoms with Crippen LogP contribution in [0, 0.1) is 5.82 Å². The van der Waals surface area contributed by atoms with Crippen molar-refractivity contribution in [3.8, 4) is 11.3 Å². The summed E-state index contributed by atoms with van der Waals surface area (Å²) in [4.78, 5) is 12.8. The van der Waals surface area contributed by atoms with Crippen LogP contribution < -0.4 is 11.3 Å². The molecule has 1 heterocycles. The molecule has 0 saturated carbocycles. The van der Waals surface area contributed by atoms with Crippen LogP contribution in [0.1, 0.15) is 16.7 Å². The molecule has 7 nitrogen and oxygen atoms in total. The highest BCUT2D eigenvalue weighted by Crippen LogP contribution is 2.21. The molecule has 0 bridgehead atoms. The van der Waals surface area contributed by atoms with Gasteiger partial charge in [0.1, 0.15) is 5.82 Å². The van der Waals surface area contributed by atoms with Crippen molar-refractivity contribution in [3.63, 3.8) is 0 Å². The minimum atomic E-state index is -3.74. The van der Waals surface area contributed by atoms with Crippen LogP contribution in [0.3, 0.4) is 0 Å². The zero-order valence-corrected chi connectivity index (χ0v) is 16.5. The van der Waals surface area contributed by atoms with E-state index in [-0.39, 0.29) is 18.7 Å². The van der Waals surface area contributed by atoms with Crippen LogP contribution in [-0.4, -0.2) is 24.5 Å². The van der Waals surface area contributed by atoms with E-state index in [4.69, 9.17) is 9.92 Å². The molecule has 0 fully saturated rings. The van der Waals surface area contributed by atoms with E-state index in [1.165, 1.54) is 22.9 Å². The topological polar surface area (TPSA) is 104 Å². The third kappa shape index (κ3) is 5.35. The Bertz CT molecular complexity index is 1180. The van der Waals surface area contributed by atoms with E-state index in [0.29, 0.717) is 16.8 Å². The Hall–Kier alpha value is -2.88. The molecule has 3 rings (SSSR count). The van der Waals surface area contributed by atoms with Gasteiger partial charge in [-0.3, -0.25) is 8.98 Å². The van der Waals surface area contributed by atoms with Crippen LogP contribution in [0.4, 0.5) is 4.39 Å². The second-order valence-electron chi connectivity index (χ2n) is 6.48. The Morgan fingerprint density at radius 1 is 1.10 bits per heavy atom. The number of benzene rings is 2. The van der Waals surface area contributed by atoms with Gasteiger partial charge in [-0.05, 0) is 29.8 Å². The van der Waals surface area contributed by atoms with Crippen LogP contribution >= 0.6 is 0 Å². The second kappa shape index (κ2) is 8.64. The van der Waals surface area contributed by atoms with Gasteiger partial charge >= 0.3 is 0 Å². The number of rotatable bonds is 7. The third-order valence-corrected chi connectivity index (χ3v) is 4.76. The van der Waals surface area contributed by atoms with Crippen LogP contribution in [0.5, 0.6) is 0 Å². The summed E-state index contributed by atoms with van der Waals surface area (Å²) in [5.41, 5.74) is 7.30. The van der Waals surface area contributed by atoms with Gasteiger partial charge in [0.2, 0.25) is 0 Å². The number of hydrogen-bond donors (Lipinski definition) is 1. The molecule has 1 aromatic heterocycles. The standard InChI is InChI=1S/C20H20FN3O4S/c1-29(26,27)28-13-17-10-19(15-7-8-18(21)16(9-15)11-22)23-24(20(17)25)12-14-5-3-2-4-6-14/h2-10H,11-13,22H2,1H3. The van der Waals surface area contributed by atoms with Gasteiger partial charge in [0.05, 0.1) is 25.1 Å². The maximum absolute atomic E-state index is 13.8. The Labute approximate surface area is 167 Å². The van der Waals surface area contributed by atoms with Crippen molar-refractivity contribution in [2.24, 2.45) is 5.73 Å². The molecule has 0 radical (unpaired) electrons. The molecule has 0 atom stereocenters. The first-order valence-corrected chi connectivity index (χ1v) is 10.6. The first-order chi connectivity index (χ1) is 13.8. The van der Waals surface area contributed by atoms with Crippen LogP contribution in [0.15, 0.2) is 59.4 Å². The fourth-order valence-electron chi connectivity index (χ4n) is 2.77. The van der Waals surface area contributed by atoms with Crippen molar-refractivity contribution in [2.75, 3.05) is 6.26 Å². The number of nitrogens with two attached hydrogens (primary N) is 1. The van der Waals surface area contributed by atoms with Crippen LogP contribution in [-0.2, 0) is 34.0 Å². The van der Waals surface area contributed by atoms with Crippen molar-refractivity contribution < 1.29 is 17.0 Å². The molecule has 2 aromatic carbocycles. The molecule has 2 N–H and O–H groups in total. The average molecular weight is 417 g/mol. The van der Waals surface area contributed by atoms with Gasteiger partial charge in [-0.1, -0.05) is 30.3 Å². The fourth-order valence-corrected chi connectivity index (χ4v) is 3.11. The van der Waals surface area contributed by atoms with E-state index in [2.05, 4.69) is 5.10 Å². The van der Waals surface area contributed by atoms with E-state index in [1.807, 2.05) is 30.3 Å². The first-order valence-electron chi connectivity index (χ1n) is 8.75. The minimum absolute atomic E-state index is 0.00732. The molecule has 0 amide bonds. The number of nitrogens with zero attached hydrogens (tertiary/aromatic N) is 2. The lowest BCUT2D eigenvalue weighted by Gasteiger charge is -2.12. The van der Waals surface area contributed by atoms with E-state index >= 15 is 0 Å². The molecule has 29 heavy (non-hydrogen) atoms. The quantitative estimate of drug-likeness (QED) is 0.590. The smallest absolute Gasteiger partial charge is 0.272 e. The van der Waals surface area contributed by atoms with Crippen molar-refractivity contribution in [1.29, 1.82) is 0 Å². The zero-order chi connectivity index (χ0) is 21.0. The summed E-state index contributed by atoms with van der Waals surface area (Å²) in [5, 5.41) is 4.38. The first kappa shape index (κ1) is 20.8. The fraction of sp³-hybridized carbons (Fsp3) is 0.200. The van der Waals surface area contributed by atoms with Gasteiger partial charge < -0.3 is 5.73 Å². The summed E-state index contributed by atoms with van der Waals surface area (Å²) in [6, 6.07) is 15.0. The summed E-state index contributed by atoms with van der Waals surface area (Å²) in [6.45, 7) is -0.232. The van der Waals surface area contributed by atoms with Crippen LogP contribution in [0.25, 0.3) is 11.3 Å². The molecular weight excluding hydrogens is 397 g/mol. The van der Waals surface area contributed by atoms with Gasteiger partial charge in [-0.15, -0.1) is 0 Å². The molecular formula is C20H20FN3O4S. The molecule has 9 heteroatoms. The predicted octanol–water partition coefficient (Wildman–Crippen LogP) is 2.03. The SMILES string of the molecule is CS(=O)(=O)OCc1cc(-c2ccc(F)c(CN)c2)nn(Cc2ccccc2)c1=O. The largest absolute Gasteiger partial charge is 0.326 e.